The van der Waals surface area contributed by atoms with Crippen molar-refractivity contribution < 1.29 is 20.1 Å². The molecule has 0 aromatic rings. The van der Waals surface area contributed by atoms with Crippen molar-refractivity contribution in [3.05, 3.63) is 6.92 Å². The number of hydrogen-bond donors (Lipinski definition) is 1. The zero-order valence-electron chi connectivity index (χ0n) is 3.61. The van der Waals surface area contributed by atoms with Crippen molar-refractivity contribution in [2.24, 2.45) is 5.73 Å². The van der Waals surface area contributed by atoms with E-state index in [1.807, 2.05) is 0 Å². The van der Waals surface area contributed by atoms with Crippen LogP contribution in [0.4, 0.5) is 0 Å². The van der Waals surface area contributed by atoms with E-state index in [0.717, 1.165) is 6.42 Å². The third-order valence-electron chi connectivity index (χ3n) is 0.204. The van der Waals surface area contributed by atoms with Gasteiger partial charge in [-0.1, -0.05) is 7.43 Å². The summed E-state index contributed by atoms with van der Waals surface area (Å²) < 4.78 is 0. The van der Waals surface area contributed by atoms with Gasteiger partial charge < -0.3 is 12.7 Å². The van der Waals surface area contributed by atoms with E-state index in [9.17, 15) is 0 Å². The maximum absolute atomic E-state index is 4.97. The average Bonchev–Trinajstić information content (AvgIpc) is 1.37. The van der Waals surface area contributed by atoms with E-state index in [1.54, 1.807) is 0 Å². The van der Waals surface area contributed by atoms with Crippen LogP contribution >= 0.6 is 0 Å². The molecule has 0 aromatic carbocycles. The van der Waals surface area contributed by atoms with Gasteiger partial charge in [0.2, 0.25) is 0 Å². The molecule has 3 heteroatoms. The molecule has 46 valence electrons. The summed E-state index contributed by atoms with van der Waals surface area (Å²) in [5, 5.41) is 0. The van der Waals surface area contributed by atoms with Gasteiger partial charge in [-0.3, -0.25) is 0 Å². The molecule has 0 saturated heterocycles. The Hall–Kier alpha value is 0.674. The fraction of sp³-hybridized carbons (Fsp3) is 0.750. The topological polar surface area (TPSA) is 26.0 Å². The van der Waals surface area contributed by atoms with Crippen LogP contribution in [0.3, 0.4) is 0 Å². The van der Waals surface area contributed by atoms with Crippen LogP contribution in [0.2, 0.25) is 0 Å². The minimum absolute atomic E-state index is 0. The van der Waals surface area contributed by atoms with Crippen molar-refractivity contribution in [2.75, 3.05) is 6.54 Å². The Balaban J connectivity index is -0.0000000150. The first-order chi connectivity index (χ1) is 1.91. The first-order valence-corrected chi connectivity index (χ1v) is 1.41. The predicted molar refractivity (Wildman–Crippen MR) is 31.5 cm³/mol. The van der Waals surface area contributed by atoms with E-state index < -0.39 is 0 Å². The molecule has 2 N–H and O–H groups in total. The molecular weight excluding hydrogens is 265 g/mol. The average molecular weight is 277 g/mol. The molecule has 0 aromatic heterocycles. The summed E-state index contributed by atoms with van der Waals surface area (Å²) in [7, 11) is 0. The zero-order valence-corrected chi connectivity index (χ0v) is 6.00. The SMILES string of the molecule is C.[B].[CH2-]CCN.[Ir]. The van der Waals surface area contributed by atoms with Crippen LogP contribution in [0.15, 0.2) is 0 Å². The molecule has 7 heavy (non-hydrogen) atoms. The van der Waals surface area contributed by atoms with Crippen molar-refractivity contribution >= 4 is 8.41 Å². The fourth-order valence-corrected chi connectivity index (χ4v) is 0. The van der Waals surface area contributed by atoms with Crippen LogP contribution in [0.25, 0.3) is 0 Å². The van der Waals surface area contributed by atoms with Crippen LogP contribution in [0, 0.1) is 6.92 Å². The zero-order chi connectivity index (χ0) is 3.41. The van der Waals surface area contributed by atoms with Gasteiger partial charge in [-0.25, -0.2) is 0 Å². The van der Waals surface area contributed by atoms with Crippen molar-refractivity contribution in [2.45, 2.75) is 13.8 Å². The van der Waals surface area contributed by atoms with Crippen molar-refractivity contribution in [1.82, 2.24) is 0 Å². The summed E-state index contributed by atoms with van der Waals surface area (Å²) in [6.07, 6.45) is 0.847. The summed E-state index contributed by atoms with van der Waals surface area (Å²) in [4.78, 5) is 0. The van der Waals surface area contributed by atoms with E-state index in [0.29, 0.717) is 6.54 Å². The van der Waals surface area contributed by atoms with Gasteiger partial charge in [-0.2, -0.15) is 6.42 Å². The summed E-state index contributed by atoms with van der Waals surface area (Å²) in [5.74, 6) is 0. The number of nitrogens with two attached hydrogens (primary N) is 1. The second-order valence-electron chi connectivity index (χ2n) is 0.642. The Morgan fingerprint density at radius 3 is 1.57 bits per heavy atom. The molecule has 0 atom stereocenters. The fourth-order valence-electron chi connectivity index (χ4n) is 0. The smallest absolute Gasteiger partial charge is 0 e. The second-order valence-corrected chi connectivity index (χ2v) is 0.642. The van der Waals surface area contributed by atoms with Crippen molar-refractivity contribution in [1.29, 1.82) is 0 Å². The second kappa shape index (κ2) is 30.0. The molecule has 0 aliphatic rings. The first-order valence-electron chi connectivity index (χ1n) is 1.41. The maximum Gasteiger partial charge on any atom is 0 e. The minimum atomic E-state index is 0. The Bertz CT molecular complexity index is 13.7. The van der Waals surface area contributed by atoms with E-state index in [2.05, 4.69) is 6.92 Å². The van der Waals surface area contributed by atoms with Gasteiger partial charge in [0.15, 0.2) is 0 Å². The van der Waals surface area contributed by atoms with Crippen LogP contribution < -0.4 is 5.73 Å². The van der Waals surface area contributed by atoms with Crippen molar-refractivity contribution in [3.63, 3.8) is 0 Å². The number of rotatable bonds is 1. The molecule has 0 unspecified atom stereocenters. The number of hydrogen-bond acceptors (Lipinski definition) is 1. The molecule has 4 radical (unpaired) electrons. The van der Waals surface area contributed by atoms with Crippen LogP contribution in [-0.2, 0) is 20.1 Å². The molecule has 0 saturated carbocycles. The molecule has 0 amide bonds. The first kappa shape index (κ1) is 25.3. The van der Waals surface area contributed by atoms with Crippen LogP contribution in [0.5, 0.6) is 0 Å². The summed E-state index contributed by atoms with van der Waals surface area (Å²) in [6.45, 7) is 4.19. The molecule has 0 aliphatic heterocycles. The van der Waals surface area contributed by atoms with Crippen molar-refractivity contribution in [3.8, 4) is 0 Å². The summed E-state index contributed by atoms with van der Waals surface area (Å²) in [6, 6.07) is 0. The Labute approximate surface area is 62.0 Å². The molecular formula is C4H12BIrN-. The molecule has 0 heterocycles. The summed E-state index contributed by atoms with van der Waals surface area (Å²) in [5.41, 5.74) is 4.97. The van der Waals surface area contributed by atoms with Crippen LogP contribution in [0.1, 0.15) is 13.8 Å². The van der Waals surface area contributed by atoms with Crippen LogP contribution in [-0.4, -0.2) is 15.0 Å². The minimum Gasteiger partial charge on any atom is -0.342 e. The van der Waals surface area contributed by atoms with Gasteiger partial charge in [0, 0.05) is 28.5 Å². The van der Waals surface area contributed by atoms with E-state index in [1.165, 1.54) is 0 Å². The molecule has 0 rings (SSSR count). The van der Waals surface area contributed by atoms with E-state index in [4.69, 9.17) is 5.73 Å². The summed E-state index contributed by atoms with van der Waals surface area (Å²) >= 11 is 0. The third kappa shape index (κ3) is 52.0. The van der Waals surface area contributed by atoms with E-state index in [-0.39, 0.29) is 35.9 Å². The predicted octanol–water partition coefficient (Wildman–Crippen LogP) is 0.422. The maximum atomic E-state index is 4.97. The molecule has 0 bridgehead atoms. The van der Waals surface area contributed by atoms with Gasteiger partial charge in [0.1, 0.15) is 0 Å². The third-order valence-corrected chi connectivity index (χ3v) is 0.204. The van der Waals surface area contributed by atoms with E-state index >= 15 is 0 Å². The normalized spacial score (nSPS) is 4.29. The molecule has 1 nitrogen and oxygen atoms in total. The Morgan fingerprint density at radius 1 is 1.43 bits per heavy atom. The van der Waals surface area contributed by atoms with Gasteiger partial charge in [-0.05, 0) is 6.54 Å². The monoisotopic (exact) mass is 278 g/mol. The largest absolute Gasteiger partial charge is 0.342 e. The van der Waals surface area contributed by atoms with Gasteiger partial charge in [-0.15, -0.1) is 0 Å². The molecule has 0 spiro atoms. The van der Waals surface area contributed by atoms with Gasteiger partial charge in [0.05, 0.1) is 0 Å². The standard InChI is InChI=1S/C3H8N.CH4.B.Ir/c1-2-3-4;;;/h1-4H2;1H4;;/q-1;;;. The molecule has 0 fully saturated rings. The Morgan fingerprint density at radius 2 is 1.57 bits per heavy atom. The molecule has 0 aliphatic carbocycles. The Kier molecular flexibility index (Phi) is 109. The quantitative estimate of drug-likeness (QED) is 0.545. The van der Waals surface area contributed by atoms with Gasteiger partial charge in [0.25, 0.3) is 0 Å². The van der Waals surface area contributed by atoms with Gasteiger partial charge >= 0.3 is 0 Å².